The van der Waals surface area contributed by atoms with E-state index in [2.05, 4.69) is 10.3 Å². The van der Waals surface area contributed by atoms with Gasteiger partial charge < -0.3 is 22.2 Å². The van der Waals surface area contributed by atoms with Crippen molar-refractivity contribution in [1.29, 1.82) is 0 Å². The van der Waals surface area contributed by atoms with Crippen molar-refractivity contribution < 1.29 is 22.2 Å². The van der Waals surface area contributed by atoms with Crippen LogP contribution in [0.15, 0.2) is 10.3 Å². The number of rotatable bonds is 0. The van der Waals surface area contributed by atoms with Crippen molar-refractivity contribution in [3.63, 3.8) is 0 Å². The second kappa shape index (κ2) is 3.06. The first-order valence-corrected chi connectivity index (χ1v) is 1.80. The fourth-order valence-corrected chi connectivity index (χ4v) is 0.325. The van der Waals surface area contributed by atoms with Crippen molar-refractivity contribution in [3.05, 3.63) is 5.21 Å². The molecule has 1 N–H and O–H groups in total. The van der Waals surface area contributed by atoms with Crippen LogP contribution in [0.3, 0.4) is 0 Å². The third kappa shape index (κ3) is 1.96. The van der Waals surface area contributed by atoms with Gasteiger partial charge in [0.1, 0.15) is 13.1 Å². The van der Waals surface area contributed by atoms with E-state index in [1.807, 2.05) is 0 Å². The van der Waals surface area contributed by atoms with Gasteiger partial charge in [-0.2, -0.15) is 0 Å². The molecule has 1 unspecified atom stereocenters. The minimum Gasteiger partial charge on any atom is -1.00 e. The summed E-state index contributed by atoms with van der Waals surface area (Å²) in [6.45, 7) is 1.11. The van der Waals surface area contributed by atoms with E-state index in [0.29, 0.717) is 13.1 Å². The second-order valence-electron chi connectivity index (χ2n) is 1.11. The summed E-state index contributed by atoms with van der Waals surface area (Å²) >= 11 is 0. The molecule has 0 aromatic heterocycles. The summed E-state index contributed by atoms with van der Waals surface area (Å²) in [5, 5.41) is 16.6. The summed E-state index contributed by atoms with van der Waals surface area (Å²) in [4.78, 5) is 0. The zero-order valence-electron chi connectivity index (χ0n) is 3.59. The van der Waals surface area contributed by atoms with Gasteiger partial charge in [0.25, 0.3) is 0 Å². The van der Waals surface area contributed by atoms with Crippen molar-refractivity contribution in [3.8, 4) is 0 Å². The Hall–Kier alpha value is 0. The van der Waals surface area contributed by atoms with E-state index in [0.717, 1.165) is 0 Å². The quantitative estimate of drug-likeness (QED) is 0.365. The van der Waals surface area contributed by atoms with E-state index in [1.54, 1.807) is 0 Å². The highest BCUT2D eigenvalue weighted by molar-refractivity contribution is 4.34. The predicted molar refractivity (Wildman–Crippen MR) is 18.9 cm³/mol. The van der Waals surface area contributed by atoms with Crippen molar-refractivity contribution in [2.45, 2.75) is 0 Å². The molecule has 1 aliphatic heterocycles. The van der Waals surface area contributed by atoms with E-state index in [4.69, 9.17) is 0 Å². The molecule has 1 rings (SSSR count). The SMILES string of the molecule is [Br-].[O-][NH+]1CCN=N1. The first-order valence-electron chi connectivity index (χ1n) is 1.80. The molecule has 0 amide bonds. The molecule has 0 aliphatic carbocycles. The molecule has 7 heavy (non-hydrogen) atoms. The van der Waals surface area contributed by atoms with Gasteiger partial charge in [-0.05, 0) is 0 Å². The van der Waals surface area contributed by atoms with Crippen molar-refractivity contribution in [2.24, 2.45) is 10.3 Å². The molecule has 42 valence electrons. The summed E-state index contributed by atoms with van der Waals surface area (Å²) in [5.74, 6) is 0. The first-order chi connectivity index (χ1) is 2.89. The lowest BCUT2D eigenvalue weighted by atomic mass is 10.7. The lowest BCUT2D eigenvalue weighted by Crippen LogP contribution is -3.00. The molecule has 0 radical (unpaired) electrons. The van der Waals surface area contributed by atoms with E-state index < -0.39 is 0 Å². The maximum absolute atomic E-state index is 9.98. The number of nitrogens with zero attached hydrogens (tertiary/aromatic N) is 2. The van der Waals surface area contributed by atoms with Crippen LogP contribution in [0.1, 0.15) is 0 Å². The van der Waals surface area contributed by atoms with Crippen molar-refractivity contribution in [1.82, 2.24) is 0 Å². The van der Waals surface area contributed by atoms with Gasteiger partial charge >= 0.3 is 0 Å². The van der Waals surface area contributed by atoms with Crippen LogP contribution in [0, 0.1) is 5.21 Å². The minimum absolute atomic E-state index is 0. The molecular weight excluding hydrogens is 162 g/mol. The number of hydrogen-bond donors (Lipinski definition) is 1. The molecule has 1 aliphatic rings. The highest BCUT2D eigenvalue weighted by Gasteiger charge is 1.98. The van der Waals surface area contributed by atoms with Gasteiger partial charge in [0.05, 0.1) is 0 Å². The summed E-state index contributed by atoms with van der Waals surface area (Å²) in [6, 6.07) is 0. The van der Waals surface area contributed by atoms with Gasteiger partial charge in [0.15, 0.2) is 0 Å². The predicted octanol–water partition coefficient (Wildman–Crippen LogP) is -4.25. The maximum atomic E-state index is 9.98. The van der Waals surface area contributed by atoms with E-state index in [1.165, 1.54) is 0 Å². The molecular formula is C2H5BrN3O-. The largest absolute Gasteiger partial charge is 1.00 e. The number of quaternary nitrogens is 1. The number of nitrogens with one attached hydrogen (secondary N) is 1. The van der Waals surface area contributed by atoms with E-state index in [9.17, 15) is 5.21 Å². The van der Waals surface area contributed by atoms with Crippen LogP contribution < -0.4 is 22.2 Å². The fraction of sp³-hybridized carbons (Fsp3) is 1.00. The normalized spacial score (nSPS) is 27.3. The Morgan fingerprint density at radius 2 is 2.29 bits per heavy atom. The zero-order valence-corrected chi connectivity index (χ0v) is 5.18. The van der Waals surface area contributed by atoms with Crippen molar-refractivity contribution in [2.75, 3.05) is 13.1 Å². The number of hydroxylamine groups is 1. The van der Waals surface area contributed by atoms with Gasteiger partial charge in [-0.3, -0.25) is 0 Å². The lowest BCUT2D eigenvalue weighted by molar-refractivity contribution is -0.849. The fourth-order valence-electron chi connectivity index (χ4n) is 0.325. The van der Waals surface area contributed by atoms with Crippen LogP contribution in [0.2, 0.25) is 0 Å². The van der Waals surface area contributed by atoms with Crippen LogP contribution in [0.5, 0.6) is 0 Å². The zero-order chi connectivity index (χ0) is 4.41. The van der Waals surface area contributed by atoms with Crippen LogP contribution in [-0.4, -0.2) is 13.1 Å². The third-order valence-electron chi connectivity index (χ3n) is 0.608. The van der Waals surface area contributed by atoms with Crippen molar-refractivity contribution >= 4 is 0 Å². The molecule has 0 spiro atoms. The van der Waals surface area contributed by atoms with Gasteiger partial charge in [-0.15, -0.1) is 5.11 Å². The van der Waals surface area contributed by atoms with Gasteiger partial charge in [0.2, 0.25) is 0 Å². The Morgan fingerprint density at radius 3 is 2.43 bits per heavy atom. The molecule has 1 heterocycles. The summed E-state index contributed by atoms with van der Waals surface area (Å²) in [6.07, 6.45) is 0. The number of halogens is 1. The van der Waals surface area contributed by atoms with Crippen LogP contribution >= 0.6 is 0 Å². The Morgan fingerprint density at radius 1 is 1.57 bits per heavy atom. The second-order valence-corrected chi connectivity index (χ2v) is 1.11. The summed E-state index contributed by atoms with van der Waals surface area (Å²) in [5.41, 5.74) is 0. The molecule has 0 aromatic carbocycles. The molecule has 5 heteroatoms. The topological polar surface area (TPSA) is 52.2 Å². The van der Waals surface area contributed by atoms with Gasteiger partial charge in [-0.1, -0.05) is 0 Å². The van der Waals surface area contributed by atoms with Crippen LogP contribution in [0.4, 0.5) is 0 Å². The standard InChI is InChI=1S/C2H5N3O.BrH/c6-5-2-1-3-4-5;/h5H,1-2H2;1H/p-1. The average Bonchev–Trinajstić information content (AvgIpc) is 1.86. The molecule has 1 atom stereocenters. The summed E-state index contributed by atoms with van der Waals surface area (Å²) < 4.78 is 0. The highest BCUT2D eigenvalue weighted by Crippen LogP contribution is 1.69. The average molecular weight is 167 g/mol. The van der Waals surface area contributed by atoms with Crippen LogP contribution in [0.25, 0.3) is 0 Å². The summed E-state index contributed by atoms with van der Waals surface area (Å²) in [7, 11) is 0. The minimum atomic E-state index is -0.0880. The third-order valence-corrected chi connectivity index (χ3v) is 0.608. The molecule has 0 bridgehead atoms. The monoisotopic (exact) mass is 166 g/mol. The Bertz CT molecular complexity index is 75.3. The van der Waals surface area contributed by atoms with E-state index >= 15 is 0 Å². The first kappa shape index (κ1) is 7.00. The smallest absolute Gasteiger partial charge is 0.124 e. The molecule has 0 fully saturated rings. The Balaban J connectivity index is 0.000000360. The van der Waals surface area contributed by atoms with Crippen LogP contribution in [-0.2, 0) is 0 Å². The molecule has 0 saturated carbocycles. The Kier molecular flexibility index (Phi) is 3.06. The molecule has 4 nitrogen and oxygen atoms in total. The molecule has 0 aromatic rings. The maximum Gasteiger partial charge on any atom is 0.124 e. The molecule has 0 saturated heterocycles. The number of hydrogen-bond acceptors (Lipinski definition) is 3. The Labute approximate surface area is 51.5 Å². The van der Waals surface area contributed by atoms with E-state index in [-0.39, 0.29) is 22.2 Å². The van der Waals surface area contributed by atoms with Gasteiger partial charge in [0, 0.05) is 5.22 Å². The highest BCUT2D eigenvalue weighted by atomic mass is 79.9. The lowest BCUT2D eigenvalue weighted by Gasteiger charge is -2.02. The van der Waals surface area contributed by atoms with Gasteiger partial charge in [-0.25, -0.2) is 5.17 Å².